The van der Waals surface area contributed by atoms with Crippen molar-refractivity contribution >= 4 is 11.9 Å². The molecule has 0 aromatic heterocycles. The molecule has 2 aromatic carbocycles. The van der Waals surface area contributed by atoms with E-state index in [4.69, 9.17) is 0 Å². The monoisotopic (exact) mass is 450 g/mol. The molecule has 1 heterocycles. The van der Waals surface area contributed by atoms with E-state index in [1.807, 2.05) is 35.8 Å². The zero-order valence-corrected chi connectivity index (χ0v) is 20.1. The molecule has 1 aliphatic heterocycles. The van der Waals surface area contributed by atoms with E-state index < -0.39 is 0 Å². The molecule has 1 saturated heterocycles. The lowest BCUT2D eigenvalue weighted by molar-refractivity contribution is -0.132. The van der Waals surface area contributed by atoms with Gasteiger partial charge in [0.1, 0.15) is 0 Å². The average molecular weight is 451 g/mol. The lowest BCUT2D eigenvalue weighted by Gasteiger charge is -2.25. The molecule has 178 valence electrons. The van der Waals surface area contributed by atoms with Gasteiger partial charge in [-0.3, -0.25) is 9.69 Å². The fraction of sp³-hybridized carbons (Fsp3) is 0.481. The number of carbonyl (C=O) groups excluding carboxylic acids is 2. The molecule has 2 aromatic rings. The standard InChI is InChI=1S/C27H38N4O2/c1-3-30(4-2)26(32)22-29-18-11-19-31(21-20-29)27(33)28-17-16-25(23-12-7-5-8-13-23)24-14-9-6-10-15-24/h5-10,12-15,25H,3-4,11,16-22H2,1-2H3,(H,28,33). The highest BCUT2D eigenvalue weighted by molar-refractivity contribution is 5.78. The predicted molar refractivity (Wildman–Crippen MR) is 133 cm³/mol. The van der Waals surface area contributed by atoms with Gasteiger partial charge in [0, 0.05) is 51.7 Å². The van der Waals surface area contributed by atoms with E-state index >= 15 is 0 Å². The maximum Gasteiger partial charge on any atom is 0.317 e. The third-order valence-corrected chi connectivity index (χ3v) is 6.46. The Kier molecular flexibility index (Phi) is 9.76. The molecule has 0 aliphatic carbocycles. The summed E-state index contributed by atoms with van der Waals surface area (Å²) in [5.41, 5.74) is 2.53. The summed E-state index contributed by atoms with van der Waals surface area (Å²) in [6, 6.07) is 20.9. The molecule has 6 heteroatoms. The zero-order chi connectivity index (χ0) is 23.5. The van der Waals surface area contributed by atoms with Crippen LogP contribution in [0.4, 0.5) is 4.79 Å². The molecule has 1 fully saturated rings. The molecular formula is C27H38N4O2. The highest BCUT2D eigenvalue weighted by Crippen LogP contribution is 2.27. The predicted octanol–water partition coefficient (Wildman–Crippen LogP) is 3.79. The Bertz CT molecular complexity index is 815. The minimum atomic E-state index is -0.00760. The van der Waals surface area contributed by atoms with Crippen LogP contribution >= 0.6 is 0 Å². The van der Waals surface area contributed by atoms with Crippen molar-refractivity contribution in [3.05, 3.63) is 71.8 Å². The molecule has 0 unspecified atom stereocenters. The van der Waals surface area contributed by atoms with Crippen molar-refractivity contribution < 1.29 is 9.59 Å². The van der Waals surface area contributed by atoms with Gasteiger partial charge in [0.15, 0.2) is 0 Å². The van der Waals surface area contributed by atoms with Crippen LogP contribution in [0.3, 0.4) is 0 Å². The van der Waals surface area contributed by atoms with Crippen molar-refractivity contribution in [2.75, 3.05) is 52.4 Å². The second-order valence-electron chi connectivity index (χ2n) is 8.58. The summed E-state index contributed by atoms with van der Waals surface area (Å²) in [7, 11) is 0. The lowest BCUT2D eigenvalue weighted by Crippen LogP contribution is -2.44. The summed E-state index contributed by atoms with van der Waals surface area (Å²) < 4.78 is 0. The van der Waals surface area contributed by atoms with Gasteiger partial charge in [0.25, 0.3) is 0 Å². The van der Waals surface area contributed by atoms with Gasteiger partial charge in [0.2, 0.25) is 5.91 Å². The summed E-state index contributed by atoms with van der Waals surface area (Å²) in [5, 5.41) is 3.14. The number of amides is 3. The molecule has 0 saturated carbocycles. The minimum Gasteiger partial charge on any atom is -0.342 e. The molecule has 1 N–H and O–H groups in total. The molecular weight excluding hydrogens is 412 g/mol. The van der Waals surface area contributed by atoms with Crippen LogP contribution < -0.4 is 5.32 Å². The molecule has 0 bridgehead atoms. The van der Waals surface area contributed by atoms with Crippen molar-refractivity contribution in [2.24, 2.45) is 0 Å². The van der Waals surface area contributed by atoms with Crippen LogP contribution in [0.2, 0.25) is 0 Å². The Morgan fingerprint density at radius 1 is 0.879 bits per heavy atom. The zero-order valence-electron chi connectivity index (χ0n) is 20.1. The first-order valence-corrected chi connectivity index (χ1v) is 12.2. The topological polar surface area (TPSA) is 55.9 Å². The molecule has 0 spiro atoms. The number of nitrogens with zero attached hydrogens (tertiary/aromatic N) is 3. The van der Waals surface area contributed by atoms with Crippen LogP contribution in [-0.2, 0) is 4.79 Å². The summed E-state index contributed by atoms with van der Waals surface area (Å²) in [5.74, 6) is 0.421. The van der Waals surface area contributed by atoms with Gasteiger partial charge in [-0.2, -0.15) is 0 Å². The van der Waals surface area contributed by atoms with E-state index in [1.54, 1.807) is 0 Å². The van der Waals surface area contributed by atoms with E-state index in [0.29, 0.717) is 19.6 Å². The molecule has 3 rings (SSSR count). The summed E-state index contributed by atoms with van der Waals surface area (Å²) in [6.07, 6.45) is 1.73. The lowest BCUT2D eigenvalue weighted by atomic mass is 9.88. The largest absolute Gasteiger partial charge is 0.342 e. The first kappa shape index (κ1) is 24.8. The molecule has 1 aliphatic rings. The fourth-order valence-corrected chi connectivity index (χ4v) is 4.53. The number of carbonyl (C=O) groups is 2. The minimum absolute atomic E-state index is 0.00760. The smallest absolute Gasteiger partial charge is 0.317 e. The summed E-state index contributed by atoms with van der Waals surface area (Å²) in [6.45, 7) is 9.51. The summed E-state index contributed by atoms with van der Waals surface area (Å²) >= 11 is 0. The second-order valence-corrected chi connectivity index (χ2v) is 8.58. The number of urea groups is 1. The van der Waals surface area contributed by atoms with Crippen LogP contribution in [0.5, 0.6) is 0 Å². The van der Waals surface area contributed by atoms with E-state index in [0.717, 1.165) is 45.6 Å². The quantitative estimate of drug-likeness (QED) is 0.632. The van der Waals surface area contributed by atoms with Crippen LogP contribution in [0, 0.1) is 0 Å². The average Bonchev–Trinajstić information content (AvgIpc) is 3.09. The van der Waals surface area contributed by atoms with Gasteiger partial charge in [0.05, 0.1) is 6.54 Å². The van der Waals surface area contributed by atoms with Crippen LogP contribution in [0.25, 0.3) is 0 Å². The van der Waals surface area contributed by atoms with Crippen LogP contribution in [0.1, 0.15) is 43.7 Å². The molecule has 0 atom stereocenters. The van der Waals surface area contributed by atoms with E-state index in [-0.39, 0.29) is 17.9 Å². The SMILES string of the molecule is CCN(CC)C(=O)CN1CCCN(C(=O)NCCC(c2ccccc2)c2ccccc2)CC1. The highest BCUT2D eigenvalue weighted by atomic mass is 16.2. The van der Waals surface area contributed by atoms with E-state index in [1.165, 1.54) is 11.1 Å². The van der Waals surface area contributed by atoms with Gasteiger partial charge >= 0.3 is 6.03 Å². The third-order valence-electron chi connectivity index (χ3n) is 6.46. The first-order chi connectivity index (χ1) is 16.1. The molecule has 0 radical (unpaired) electrons. The van der Waals surface area contributed by atoms with Gasteiger partial charge in [-0.15, -0.1) is 0 Å². The number of hydrogen-bond donors (Lipinski definition) is 1. The van der Waals surface area contributed by atoms with Gasteiger partial charge < -0.3 is 15.1 Å². The Balaban J connectivity index is 1.50. The van der Waals surface area contributed by atoms with Crippen molar-refractivity contribution in [2.45, 2.75) is 32.6 Å². The number of likely N-dealkylation sites (N-methyl/N-ethyl adjacent to an activating group) is 1. The molecule has 6 nitrogen and oxygen atoms in total. The Morgan fingerprint density at radius 3 is 2.06 bits per heavy atom. The molecule has 33 heavy (non-hydrogen) atoms. The van der Waals surface area contributed by atoms with Crippen molar-refractivity contribution in [3.8, 4) is 0 Å². The number of nitrogens with one attached hydrogen (secondary N) is 1. The number of hydrogen-bond acceptors (Lipinski definition) is 3. The maximum absolute atomic E-state index is 12.9. The van der Waals surface area contributed by atoms with Gasteiger partial charge in [-0.25, -0.2) is 4.79 Å². The molecule has 3 amide bonds. The Labute approximate surface area is 198 Å². The first-order valence-electron chi connectivity index (χ1n) is 12.2. The van der Waals surface area contributed by atoms with E-state index in [2.05, 4.69) is 58.7 Å². The maximum atomic E-state index is 12.9. The number of rotatable bonds is 9. The van der Waals surface area contributed by atoms with E-state index in [9.17, 15) is 9.59 Å². The normalized spacial score (nSPS) is 14.7. The Hall–Kier alpha value is -2.86. The third kappa shape index (κ3) is 7.32. The van der Waals surface area contributed by atoms with Crippen molar-refractivity contribution in [3.63, 3.8) is 0 Å². The summed E-state index contributed by atoms with van der Waals surface area (Å²) in [4.78, 5) is 31.2. The number of benzene rings is 2. The van der Waals surface area contributed by atoms with Crippen molar-refractivity contribution in [1.82, 2.24) is 20.0 Å². The fourth-order valence-electron chi connectivity index (χ4n) is 4.53. The van der Waals surface area contributed by atoms with Gasteiger partial charge in [-0.05, 0) is 37.8 Å². The van der Waals surface area contributed by atoms with Crippen LogP contribution in [0.15, 0.2) is 60.7 Å². The van der Waals surface area contributed by atoms with Crippen molar-refractivity contribution in [1.29, 1.82) is 0 Å². The highest BCUT2D eigenvalue weighted by Gasteiger charge is 2.22. The Morgan fingerprint density at radius 2 is 1.48 bits per heavy atom. The van der Waals surface area contributed by atoms with Crippen LogP contribution in [-0.4, -0.2) is 79.0 Å². The second kappa shape index (κ2) is 13.0. The van der Waals surface area contributed by atoms with Gasteiger partial charge in [-0.1, -0.05) is 60.7 Å².